The topological polar surface area (TPSA) is 78.9 Å². The van der Waals surface area contributed by atoms with Crippen LogP contribution >= 0.6 is 23.2 Å². The van der Waals surface area contributed by atoms with Crippen LogP contribution in [0.3, 0.4) is 0 Å². The summed E-state index contributed by atoms with van der Waals surface area (Å²) >= 11 is 12.0. The van der Waals surface area contributed by atoms with Crippen molar-refractivity contribution in [1.29, 1.82) is 0 Å². The third-order valence-corrected chi connectivity index (χ3v) is 5.39. The summed E-state index contributed by atoms with van der Waals surface area (Å²) in [5.41, 5.74) is -0.618. The Morgan fingerprint density at radius 2 is 2.17 bits per heavy atom. The molecule has 0 saturated carbocycles. The standard InChI is InChI=1S/C15H16Cl2N2O4/c16-10-2-1-3-11(12(10)17)18-14(22)19-6-9-4-5-23-8-15(9,7-19)13(20)21/h1-3,9H,4-8H2,(H,18,22)(H,20,21)/t9-,15+/m0/s1. The van der Waals surface area contributed by atoms with Crippen molar-refractivity contribution in [2.24, 2.45) is 11.3 Å². The van der Waals surface area contributed by atoms with E-state index in [4.69, 9.17) is 27.9 Å². The fourth-order valence-corrected chi connectivity index (χ4v) is 3.59. The molecule has 1 aromatic carbocycles. The maximum Gasteiger partial charge on any atom is 0.321 e. The van der Waals surface area contributed by atoms with E-state index in [1.54, 1.807) is 18.2 Å². The van der Waals surface area contributed by atoms with Crippen molar-refractivity contribution in [2.75, 3.05) is 31.6 Å². The lowest BCUT2D eigenvalue weighted by molar-refractivity contribution is -0.159. The van der Waals surface area contributed by atoms with Crippen LogP contribution in [0, 0.1) is 11.3 Å². The number of carboxylic acid groups (broad SMARTS) is 1. The number of aliphatic carboxylic acids is 1. The zero-order valence-corrected chi connectivity index (χ0v) is 13.7. The van der Waals surface area contributed by atoms with Gasteiger partial charge in [0.25, 0.3) is 0 Å². The lowest BCUT2D eigenvalue weighted by atomic mass is 9.76. The molecule has 2 N–H and O–H groups in total. The second kappa shape index (κ2) is 6.19. The molecule has 2 aliphatic heterocycles. The predicted molar refractivity (Wildman–Crippen MR) is 86.0 cm³/mol. The molecule has 0 aliphatic carbocycles. The van der Waals surface area contributed by atoms with Gasteiger partial charge in [-0.15, -0.1) is 0 Å². The van der Waals surface area contributed by atoms with Crippen molar-refractivity contribution < 1.29 is 19.4 Å². The lowest BCUT2D eigenvalue weighted by Gasteiger charge is -2.33. The van der Waals surface area contributed by atoms with E-state index in [1.165, 1.54) is 4.90 Å². The Morgan fingerprint density at radius 1 is 1.39 bits per heavy atom. The Bertz CT molecular complexity index is 654. The first kappa shape index (κ1) is 16.4. The normalized spacial score (nSPS) is 26.7. The summed E-state index contributed by atoms with van der Waals surface area (Å²) in [5.74, 6) is -1.02. The third kappa shape index (κ3) is 2.86. The van der Waals surface area contributed by atoms with E-state index in [9.17, 15) is 14.7 Å². The van der Waals surface area contributed by atoms with Crippen molar-refractivity contribution in [3.05, 3.63) is 28.2 Å². The molecule has 2 aliphatic rings. The number of urea groups is 1. The quantitative estimate of drug-likeness (QED) is 0.851. The number of hydrogen-bond donors (Lipinski definition) is 2. The number of nitrogens with zero attached hydrogens (tertiary/aromatic N) is 1. The first-order valence-corrected chi connectivity index (χ1v) is 8.01. The molecule has 3 rings (SSSR count). The van der Waals surface area contributed by atoms with Gasteiger partial charge in [-0.3, -0.25) is 4.79 Å². The summed E-state index contributed by atoms with van der Waals surface area (Å²) in [6, 6.07) is 4.57. The van der Waals surface area contributed by atoms with Crippen molar-refractivity contribution in [3.8, 4) is 0 Å². The monoisotopic (exact) mass is 358 g/mol. The Labute approximate surface area is 143 Å². The first-order valence-electron chi connectivity index (χ1n) is 7.25. The fraction of sp³-hybridized carbons (Fsp3) is 0.467. The number of carbonyl (C=O) groups excluding carboxylic acids is 1. The molecular formula is C15H16Cl2N2O4. The van der Waals surface area contributed by atoms with Crippen LogP contribution in [0.2, 0.25) is 10.0 Å². The fourth-order valence-electron chi connectivity index (χ4n) is 3.24. The van der Waals surface area contributed by atoms with Crippen molar-refractivity contribution >= 4 is 40.9 Å². The van der Waals surface area contributed by atoms with E-state index in [2.05, 4.69) is 5.32 Å². The van der Waals surface area contributed by atoms with Crippen LogP contribution in [0.1, 0.15) is 6.42 Å². The molecular weight excluding hydrogens is 343 g/mol. The number of carboxylic acids is 1. The van der Waals surface area contributed by atoms with Crippen molar-refractivity contribution in [2.45, 2.75) is 6.42 Å². The second-order valence-corrected chi connectivity index (χ2v) is 6.70. The average Bonchev–Trinajstić information content (AvgIpc) is 2.93. The van der Waals surface area contributed by atoms with Gasteiger partial charge in [-0.1, -0.05) is 29.3 Å². The van der Waals surface area contributed by atoms with Gasteiger partial charge in [0.2, 0.25) is 0 Å². The van der Waals surface area contributed by atoms with Crippen molar-refractivity contribution in [1.82, 2.24) is 4.90 Å². The second-order valence-electron chi connectivity index (χ2n) is 5.91. The molecule has 2 heterocycles. The van der Waals surface area contributed by atoms with Gasteiger partial charge in [-0.25, -0.2) is 4.79 Å². The summed E-state index contributed by atoms with van der Waals surface area (Å²) in [6.45, 7) is 1.17. The van der Waals surface area contributed by atoms with Gasteiger partial charge in [-0.05, 0) is 24.5 Å². The van der Waals surface area contributed by atoms with Crippen LogP contribution in [0.25, 0.3) is 0 Å². The largest absolute Gasteiger partial charge is 0.481 e. The molecule has 2 amide bonds. The van der Waals surface area contributed by atoms with Gasteiger partial charge >= 0.3 is 12.0 Å². The SMILES string of the molecule is O=C(Nc1cccc(Cl)c1Cl)N1C[C@@H]2CCOC[C@]2(C(=O)O)C1. The van der Waals surface area contributed by atoms with Gasteiger partial charge in [0, 0.05) is 19.7 Å². The number of ether oxygens (including phenoxy) is 1. The lowest BCUT2D eigenvalue weighted by Crippen LogP contribution is -2.46. The highest BCUT2D eigenvalue weighted by atomic mass is 35.5. The molecule has 6 nitrogen and oxygen atoms in total. The van der Waals surface area contributed by atoms with Crippen LogP contribution in [-0.2, 0) is 9.53 Å². The van der Waals surface area contributed by atoms with Gasteiger partial charge in [0.05, 0.1) is 22.3 Å². The Balaban J connectivity index is 1.76. The first-order chi connectivity index (χ1) is 10.9. The Hall–Kier alpha value is -1.50. The summed E-state index contributed by atoms with van der Waals surface area (Å²) in [6.07, 6.45) is 0.633. The zero-order chi connectivity index (χ0) is 16.6. The summed E-state index contributed by atoms with van der Waals surface area (Å²) < 4.78 is 5.35. The number of carbonyl (C=O) groups is 2. The Morgan fingerprint density at radius 3 is 2.87 bits per heavy atom. The minimum Gasteiger partial charge on any atom is -0.481 e. The molecule has 2 saturated heterocycles. The summed E-state index contributed by atoms with van der Waals surface area (Å²) in [5, 5.41) is 12.9. The maximum atomic E-state index is 12.5. The molecule has 0 spiro atoms. The Kier molecular flexibility index (Phi) is 4.40. The molecule has 0 unspecified atom stereocenters. The van der Waals surface area contributed by atoms with Gasteiger partial charge in [0.1, 0.15) is 5.41 Å². The highest BCUT2D eigenvalue weighted by molar-refractivity contribution is 6.43. The number of anilines is 1. The molecule has 1 aromatic rings. The highest BCUT2D eigenvalue weighted by Crippen LogP contribution is 2.42. The number of fused-ring (bicyclic) bond motifs is 1. The van der Waals surface area contributed by atoms with Crippen LogP contribution < -0.4 is 5.32 Å². The maximum absolute atomic E-state index is 12.5. The molecule has 2 atom stereocenters. The third-order valence-electron chi connectivity index (χ3n) is 4.57. The van der Waals surface area contributed by atoms with Gasteiger partial charge in [-0.2, -0.15) is 0 Å². The average molecular weight is 359 g/mol. The van der Waals surface area contributed by atoms with E-state index in [-0.39, 0.29) is 30.1 Å². The molecule has 2 fully saturated rings. The number of hydrogen-bond acceptors (Lipinski definition) is 3. The molecule has 0 aromatic heterocycles. The number of halogens is 2. The molecule has 124 valence electrons. The molecule has 23 heavy (non-hydrogen) atoms. The van der Waals surface area contributed by atoms with E-state index in [0.717, 1.165) is 0 Å². The number of benzene rings is 1. The van der Waals surface area contributed by atoms with Gasteiger partial charge < -0.3 is 20.1 Å². The van der Waals surface area contributed by atoms with Crippen LogP contribution in [-0.4, -0.2) is 48.3 Å². The van der Waals surface area contributed by atoms with Crippen molar-refractivity contribution in [3.63, 3.8) is 0 Å². The van der Waals surface area contributed by atoms with E-state index >= 15 is 0 Å². The van der Waals surface area contributed by atoms with Crippen LogP contribution in [0.15, 0.2) is 18.2 Å². The van der Waals surface area contributed by atoms with Gasteiger partial charge in [0.15, 0.2) is 0 Å². The summed E-state index contributed by atoms with van der Waals surface area (Å²) in [4.78, 5) is 25.7. The number of likely N-dealkylation sites (tertiary alicyclic amines) is 1. The molecule has 0 bridgehead atoms. The van der Waals surface area contributed by atoms with E-state index in [0.29, 0.717) is 30.3 Å². The summed E-state index contributed by atoms with van der Waals surface area (Å²) in [7, 11) is 0. The van der Waals surface area contributed by atoms with E-state index in [1.807, 2.05) is 0 Å². The molecule has 8 heteroatoms. The van der Waals surface area contributed by atoms with Crippen LogP contribution in [0.4, 0.5) is 10.5 Å². The minimum atomic E-state index is -1.02. The highest BCUT2D eigenvalue weighted by Gasteiger charge is 2.55. The molecule has 0 radical (unpaired) electrons. The smallest absolute Gasteiger partial charge is 0.321 e. The van der Waals surface area contributed by atoms with Crippen LogP contribution in [0.5, 0.6) is 0 Å². The number of nitrogens with one attached hydrogen (secondary N) is 1. The number of amides is 2. The minimum absolute atomic E-state index is 0.102. The number of rotatable bonds is 2. The van der Waals surface area contributed by atoms with E-state index < -0.39 is 11.4 Å². The zero-order valence-electron chi connectivity index (χ0n) is 12.2. The predicted octanol–water partition coefficient (Wildman–Crippen LogP) is 2.95.